The molecule has 12 heavy (non-hydrogen) atoms. The zero-order chi connectivity index (χ0) is 8.97. The van der Waals surface area contributed by atoms with Crippen LogP contribution in [0.5, 0.6) is 0 Å². The normalized spacial score (nSPS) is 13.2. The number of hydrogen-bond donors (Lipinski definition) is 1. The van der Waals surface area contributed by atoms with Crippen LogP contribution in [0.25, 0.3) is 0 Å². The van der Waals surface area contributed by atoms with Gasteiger partial charge in [-0.3, -0.25) is 0 Å². The van der Waals surface area contributed by atoms with Gasteiger partial charge in [-0.25, -0.2) is 0 Å². The quantitative estimate of drug-likeness (QED) is 0.776. The fourth-order valence-electron chi connectivity index (χ4n) is 0.824. The van der Waals surface area contributed by atoms with Gasteiger partial charge in [-0.05, 0) is 31.8 Å². The molecule has 1 aromatic rings. The summed E-state index contributed by atoms with van der Waals surface area (Å²) in [6.07, 6.45) is 1.16. The lowest BCUT2D eigenvalue weighted by molar-refractivity contribution is 0.536. The molecule has 1 unspecified atom stereocenters. The van der Waals surface area contributed by atoms with Gasteiger partial charge in [0.15, 0.2) is 0 Å². The van der Waals surface area contributed by atoms with E-state index in [1.165, 1.54) is 16.4 Å². The number of nitrogens with zero attached hydrogens (tertiary/aromatic N) is 2. The first-order valence-electron chi connectivity index (χ1n) is 4.25. The van der Waals surface area contributed by atoms with Gasteiger partial charge in [0.25, 0.3) is 0 Å². The van der Waals surface area contributed by atoms with E-state index in [4.69, 9.17) is 0 Å². The van der Waals surface area contributed by atoms with Crippen LogP contribution in [-0.4, -0.2) is 15.6 Å². The van der Waals surface area contributed by atoms with Crippen LogP contribution in [0.1, 0.15) is 30.8 Å². The van der Waals surface area contributed by atoms with Gasteiger partial charge in [0, 0.05) is 12.6 Å². The molecule has 0 aromatic carbocycles. The third-order valence-electron chi connectivity index (χ3n) is 1.97. The van der Waals surface area contributed by atoms with E-state index < -0.39 is 0 Å². The molecule has 4 heteroatoms. The van der Waals surface area contributed by atoms with Gasteiger partial charge in [0.1, 0.15) is 0 Å². The standard InChI is InChI=1S/C8H15N3S/c1-4-6(2)9-5-8-7(3)10-11-12-8/h6,9H,4-5H2,1-3H3. The number of hydrogen-bond acceptors (Lipinski definition) is 4. The Hall–Kier alpha value is -0.480. The minimum atomic E-state index is 0.575. The van der Waals surface area contributed by atoms with Crippen LogP contribution < -0.4 is 5.32 Å². The highest BCUT2D eigenvalue weighted by Gasteiger charge is 2.03. The van der Waals surface area contributed by atoms with Gasteiger partial charge >= 0.3 is 0 Å². The maximum atomic E-state index is 3.95. The second-order valence-electron chi connectivity index (χ2n) is 2.97. The van der Waals surface area contributed by atoms with Crippen LogP contribution in [0.4, 0.5) is 0 Å². The van der Waals surface area contributed by atoms with Crippen LogP contribution >= 0.6 is 11.5 Å². The summed E-state index contributed by atoms with van der Waals surface area (Å²) < 4.78 is 3.88. The van der Waals surface area contributed by atoms with Crippen molar-refractivity contribution >= 4 is 11.5 Å². The molecule has 1 N–H and O–H groups in total. The van der Waals surface area contributed by atoms with Crippen LogP contribution in [0, 0.1) is 6.92 Å². The Morgan fingerprint density at radius 1 is 1.58 bits per heavy atom. The van der Waals surface area contributed by atoms with Gasteiger partial charge in [-0.2, -0.15) is 0 Å². The van der Waals surface area contributed by atoms with Gasteiger partial charge in [-0.1, -0.05) is 11.4 Å². The Labute approximate surface area is 77.4 Å². The van der Waals surface area contributed by atoms with Crippen molar-refractivity contribution < 1.29 is 0 Å². The summed E-state index contributed by atoms with van der Waals surface area (Å²) in [5, 5.41) is 7.35. The lowest BCUT2D eigenvalue weighted by Crippen LogP contribution is -2.24. The Morgan fingerprint density at radius 3 is 2.83 bits per heavy atom. The van der Waals surface area contributed by atoms with Crippen molar-refractivity contribution in [1.82, 2.24) is 14.9 Å². The molecule has 68 valence electrons. The molecule has 0 aliphatic carbocycles. The molecule has 1 aromatic heterocycles. The lowest BCUT2D eigenvalue weighted by Gasteiger charge is -2.09. The van der Waals surface area contributed by atoms with E-state index in [1.807, 2.05) is 6.92 Å². The predicted molar refractivity (Wildman–Crippen MR) is 51.2 cm³/mol. The molecule has 1 rings (SSSR count). The minimum Gasteiger partial charge on any atom is -0.309 e. The fourth-order valence-corrected chi connectivity index (χ4v) is 1.41. The van der Waals surface area contributed by atoms with E-state index in [9.17, 15) is 0 Å². The summed E-state index contributed by atoms with van der Waals surface area (Å²) in [5.41, 5.74) is 1.05. The van der Waals surface area contributed by atoms with E-state index >= 15 is 0 Å². The summed E-state index contributed by atoms with van der Waals surface area (Å²) in [6.45, 7) is 7.26. The van der Waals surface area contributed by atoms with Crippen molar-refractivity contribution in [3.8, 4) is 0 Å². The van der Waals surface area contributed by atoms with E-state index in [1.54, 1.807) is 0 Å². The molecule has 0 bridgehead atoms. The van der Waals surface area contributed by atoms with Gasteiger partial charge in [0.2, 0.25) is 0 Å². The minimum absolute atomic E-state index is 0.575. The summed E-state index contributed by atoms with van der Waals surface area (Å²) in [5.74, 6) is 0. The smallest absolute Gasteiger partial charge is 0.0769 e. The first-order chi connectivity index (χ1) is 5.74. The van der Waals surface area contributed by atoms with Crippen molar-refractivity contribution in [2.45, 2.75) is 39.8 Å². The monoisotopic (exact) mass is 185 g/mol. The Balaban J connectivity index is 2.38. The molecule has 0 aliphatic heterocycles. The third kappa shape index (κ3) is 2.53. The largest absolute Gasteiger partial charge is 0.309 e. The van der Waals surface area contributed by atoms with Crippen molar-refractivity contribution in [3.05, 3.63) is 10.6 Å². The van der Waals surface area contributed by atoms with E-state index in [0.717, 1.165) is 18.7 Å². The predicted octanol–water partition coefficient (Wildman–Crippen LogP) is 1.73. The van der Waals surface area contributed by atoms with Crippen molar-refractivity contribution in [2.75, 3.05) is 0 Å². The average molecular weight is 185 g/mol. The zero-order valence-electron chi connectivity index (χ0n) is 7.79. The first-order valence-corrected chi connectivity index (χ1v) is 5.02. The molecule has 0 saturated carbocycles. The third-order valence-corrected chi connectivity index (χ3v) is 2.79. The molecule has 0 amide bonds. The highest BCUT2D eigenvalue weighted by atomic mass is 32.1. The van der Waals surface area contributed by atoms with Gasteiger partial charge < -0.3 is 5.32 Å². The lowest BCUT2D eigenvalue weighted by atomic mass is 10.2. The fraction of sp³-hybridized carbons (Fsp3) is 0.750. The van der Waals surface area contributed by atoms with Crippen LogP contribution in [0.15, 0.2) is 0 Å². The molecular formula is C8H15N3S. The number of aryl methyl sites for hydroxylation is 1. The van der Waals surface area contributed by atoms with Crippen LogP contribution in [0.3, 0.4) is 0 Å². The van der Waals surface area contributed by atoms with Crippen LogP contribution in [-0.2, 0) is 6.54 Å². The highest BCUT2D eigenvalue weighted by Crippen LogP contribution is 2.08. The SMILES string of the molecule is CCC(C)NCc1snnc1C. The molecule has 0 fully saturated rings. The molecular weight excluding hydrogens is 170 g/mol. The number of nitrogens with one attached hydrogen (secondary N) is 1. The second-order valence-corrected chi connectivity index (χ2v) is 3.81. The van der Waals surface area contributed by atoms with Gasteiger partial charge in [0.05, 0.1) is 10.6 Å². The first kappa shape index (κ1) is 9.61. The van der Waals surface area contributed by atoms with Crippen molar-refractivity contribution in [1.29, 1.82) is 0 Å². The summed E-state index contributed by atoms with van der Waals surface area (Å²) in [7, 11) is 0. The van der Waals surface area contributed by atoms with E-state index in [0.29, 0.717) is 6.04 Å². The van der Waals surface area contributed by atoms with E-state index in [2.05, 4.69) is 28.8 Å². The summed E-state index contributed by atoms with van der Waals surface area (Å²) in [6, 6.07) is 0.575. The molecule has 1 atom stereocenters. The highest BCUT2D eigenvalue weighted by molar-refractivity contribution is 7.05. The molecule has 1 heterocycles. The summed E-state index contributed by atoms with van der Waals surface area (Å²) >= 11 is 1.48. The molecule has 3 nitrogen and oxygen atoms in total. The summed E-state index contributed by atoms with van der Waals surface area (Å²) in [4.78, 5) is 1.25. The zero-order valence-corrected chi connectivity index (χ0v) is 8.61. The topological polar surface area (TPSA) is 37.8 Å². The van der Waals surface area contributed by atoms with Crippen molar-refractivity contribution in [2.24, 2.45) is 0 Å². The molecule has 0 saturated heterocycles. The van der Waals surface area contributed by atoms with E-state index in [-0.39, 0.29) is 0 Å². The van der Waals surface area contributed by atoms with Crippen molar-refractivity contribution in [3.63, 3.8) is 0 Å². The maximum absolute atomic E-state index is 3.95. The Bertz CT molecular complexity index is 234. The second kappa shape index (κ2) is 4.52. The average Bonchev–Trinajstić information content (AvgIpc) is 2.47. The molecule has 0 spiro atoms. The maximum Gasteiger partial charge on any atom is 0.0769 e. The molecule has 0 aliphatic rings. The Kier molecular flexibility index (Phi) is 3.62. The molecule has 0 radical (unpaired) electrons. The van der Waals surface area contributed by atoms with Crippen LogP contribution in [0.2, 0.25) is 0 Å². The Morgan fingerprint density at radius 2 is 2.33 bits per heavy atom. The number of aromatic nitrogens is 2. The number of rotatable bonds is 4. The van der Waals surface area contributed by atoms with Gasteiger partial charge in [-0.15, -0.1) is 5.10 Å².